The second-order valence-electron chi connectivity index (χ2n) is 7.43. The van der Waals surface area contributed by atoms with Crippen molar-refractivity contribution in [3.05, 3.63) is 30.3 Å². The van der Waals surface area contributed by atoms with Crippen molar-refractivity contribution in [2.45, 2.75) is 37.3 Å². The molecule has 29 heavy (non-hydrogen) atoms. The number of carbonyl (C=O) groups is 2. The maximum Gasteiger partial charge on any atom is 0.244 e. The van der Waals surface area contributed by atoms with Gasteiger partial charge in [-0.15, -0.1) is 17.7 Å². The van der Waals surface area contributed by atoms with Crippen LogP contribution in [0.15, 0.2) is 30.3 Å². The fraction of sp³-hybridized carbons (Fsp3) is 0.500. The van der Waals surface area contributed by atoms with Gasteiger partial charge in [-0.05, 0) is 31.9 Å². The van der Waals surface area contributed by atoms with Crippen LogP contribution < -0.4 is 10.6 Å². The lowest BCUT2D eigenvalue weighted by atomic mass is 10.0. The Morgan fingerprint density at radius 2 is 2.14 bits per heavy atom. The van der Waals surface area contributed by atoms with Gasteiger partial charge in [0.15, 0.2) is 5.41 Å². The molecule has 1 heterocycles. The van der Waals surface area contributed by atoms with Gasteiger partial charge in [0.1, 0.15) is 4.87 Å². The fourth-order valence-corrected chi connectivity index (χ4v) is 5.91. The van der Waals surface area contributed by atoms with Crippen molar-refractivity contribution in [2.75, 3.05) is 25.0 Å². The smallest absolute Gasteiger partial charge is 0.244 e. The maximum absolute atomic E-state index is 13.1. The van der Waals surface area contributed by atoms with Gasteiger partial charge in [0, 0.05) is 25.2 Å². The fourth-order valence-electron chi connectivity index (χ4n) is 3.95. The number of amides is 2. The van der Waals surface area contributed by atoms with E-state index in [4.69, 9.17) is 0 Å². The van der Waals surface area contributed by atoms with Crippen LogP contribution in [-0.4, -0.2) is 46.5 Å². The molecule has 0 bridgehead atoms. The van der Waals surface area contributed by atoms with Crippen LogP contribution in [0.5, 0.6) is 0 Å². The first kappa shape index (κ1) is 21.1. The molecule has 6 nitrogen and oxygen atoms in total. The van der Waals surface area contributed by atoms with Crippen LogP contribution in [0.3, 0.4) is 0 Å². The molecular formula is C22H26N4O2S. The Balaban J connectivity index is 1.74. The van der Waals surface area contributed by atoms with Crippen molar-refractivity contribution in [1.29, 1.82) is 5.26 Å². The van der Waals surface area contributed by atoms with Crippen LogP contribution >= 0.6 is 11.8 Å². The van der Waals surface area contributed by atoms with Gasteiger partial charge in [-0.2, -0.15) is 5.26 Å². The van der Waals surface area contributed by atoms with E-state index in [-0.39, 0.29) is 29.5 Å². The highest BCUT2D eigenvalue weighted by atomic mass is 32.2. The number of hydrogen-bond acceptors (Lipinski definition) is 5. The molecule has 7 heteroatoms. The van der Waals surface area contributed by atoms with E-state index in [9.17, 15) is 14.9 Å². The molecule has 1 aliphatic carbocycles. The molecule has 1 aromatic carbocycles. The predicted octanol–water partition coefficient (Wildman–Crippen LogP) is 2.45. The highest BCUT2D eigenvalue weighted by Crippen LogP contribution is 2.70. The van der Waals surface area contributed by atoms with E-state index < -0.39 is 10.3 Å². The van der Waals surface area contributed by atoms with Crippen molar-refractivity contribution in [3.63, 3.8) is 0 Å². The highest BCUT2D eigenvalue weighted by Gasteiger charge is 2.80. The van der Waals surface area contributed by atoms with E-state index in [2.05, 4.69) is 28.5 Å². The second kappa shape index (κ2) is 8.39. The summed E-state index contributed by atoms with van der Waals surface area (Å²) in [6.07, 6.45) is 0.363. The molecule has 2 amide bonds. The van der Waals surface area contributed by atoms with E-state index in [1.165, 1.54) is 11.8 Å². The van der Waals surface area contributed by atoms with Gasteiger partial charge in [-0.3, -0.25) is 9.59 Å². The molecule has 1 saturated carbocycles. The average molecular weight is 411 g/mol. The number of nitrogens with one attached hydrogen (secondary N) is 2. The molecule has 1 aliphatic heterocycles. The van der Waals surface area contributed by atoms with Gasteiger partial charge < -0.3 is 15.5 Å². The van der Waals surface area contributed by atoms with Crippen molar-refractivity contribution >= 4 is 29.3 Å². The number of anilines is 1. The first-order valence-electron chi connectivity index (χ1n) is 9.83. The monoisotopic (exact) mass is 410 g/mol. The minimum Gasteiger partial charge on any atom is -0.385 e. The summed E-state index contributed by atoms with van der Waals surface area (Å²) in [7, 11) is 0. The molecule has 3 unspecified atom stereocenters. The van der Waals surface area contributed by atoms with E-state index in [1.54, 1.807) is 11.8 Å². The van der Waals surface area contributed by atoms with Crippen LogP contribution in [-0.2, 0) is 9.59 Å². The first-order valence-corrected chi connectivity index (χ1v) is 10.7. The predicted molar refractivity (Wildman–Crippen MR) is 115 cm³/mol. The third-order valence-electron chi connectivity index (χ3n) is 5.64. The summed E-state index contributed by atoms with van der Waals surface area (Å²) in [5.74, 6) is 5.24. The topological polar surface area (TPSA) is 85.2 Å². The lowest BCUT2D eigenvalue weighted by Crippen LogP contribution is -2.44. The van der Waals surface area contributed by atoms with Crippen molar-refractivity contribution < 1.29 is 9.59 Å². The molecule has 1 spiro atoms. The van der Waals surface area contributed by atoms with E-state index >= 15 is 0 Å². The van der Waals surface area contributed by atoms with Gasteiger partial charge in [-0.25, -0.2) is 0 Å². The summed E-state index contributed by atoms with van der Waals surface area (Å²) in [5.41, 5.74) is -0.203. The number of nitriles is 1. The summed E-state index contributed by atoms with van der Waals surface area (Å²) in [4.78, 5) is 26.9. The van der Waals surface area contributed by atoms with Crippen LogP contribution in [0.4, 0.5) is 5.69 Å². The Morgan fingerprint density at radius 1 is 1.41 bits per heavy atom. The van der Waals surface area contributed by atoms with Gasteiger partial charge in [0.25, 0.3) is 0 Å². The van der Waals surface area contributed by atoms with E-state index in [0.29, 0.717) is 19.5 Å². The SMILES string of the molecule is CC#CCNC(=O)C1(C#N)CC12SC([C@@H](C)CNc1ccccc1)C(=O)N2CC. The molecule has 2 fully saturated rings. The van der Waals surface area contributed by atoms with Crippen LogP contribution in [0.25, 0.3) is 0 Å². The highest BCUT2D eigenvalue weighted by molar-refractivity contribution is 8.02. The summed E-state index contributed by atoms with van der Waals surface area (Å²) in [6.45, 7) is 6.96. The number of hydrogen-bond donors (Lipinski definition) is 2. The summed E-state index contributed by atoms with van der Waals surface area (Å²) >= 11 is 1.48. The number of benzene rings is 1. The lowest BCUT2D eigenvalue weighted by Gasteiger charge is -2.25. The number of rotatable bonds is 7. The van der Waals surface area contributed by atoms with Crippen LogP contribution in [0.2, 0.25) is 0 Å². The molecule has 2 aliphatic rings. The van der Waals surface area contributed by atoms with Gasteiger partial charge >= 0.3 is 0 Å². The maximum atomic E-state index is 13.1. The van der Waals surface area contributed by atoms with Crippen LogP contribution in [0, 0.1) is 34.5 Å². The van der Waals surface area contributed by atoms with Gasteiger partial charge in [0.2, 0.25) is 11.8 Å². The Morgan fingerprint density at radius 3 is 2.76 bits per heavy atom. The summed E-state index contributed by atoms with van der Waals surface area (Å²) in [5, 5.41) is 15.7. The molecule has 1 aromatic rings. The number of para-hydroxylation sites is 1. The zero-order chi connectivity index (χ0) is 21.1. The van der Waals surface area contributed by atoms with Crippen molar-refractivity contribution in [2.24, 2.45) is 11.3 Å². The zero-order valence-corrected chi connectivity index (χ0v) is 17.8. The first-order chi connectivity index (χ1) is 14.0. The number of nitrogens with zero attached hydrogens (tertiary/aromatic N) is 2. The standard InChI is InChI=1S/C22H26N4O2S/c1-4-6-12-24-20(28)21(15-23)14-22(21)26(5-2)19(27)18(29-22)16(3)13-25-17-10-8-7-9-11-17/h7-11,16,18,25H,5,12-14H2,1-3H3,(H,24,28)/t16-,18?,21?,22?/m0/s1. The minimum atomic E-state index is -1.21. The molecule has 3 rings (SSSR count). The zero-order valence-electron chi connectivity index (χ0n) is 17.0. The Bertz CT molecular complexity index is 888. The third kappa shape index (κ3) is 3.56. The Hall–Kier alpha value is -2.64. The molecule has 4 atom stereocenters. The van der Waals surface area contributed by atoms with E-state index in [0.717, 1.165) is 5.69 Å². The molecule has 2 N–H and O–H groups in total. The Labute approximate surface area is 176 Å². The number of thioether (sulfide) groups is 1. The molecule has 1 saturated heterocycles. The summed E-state index contributed by atoms with van der Waals surface area (Å²) in [6, 6.07) is 12.1. The average Bonchev–Trinajstić information content (AvgIpc) is 3.31. The largest absolute Gasteiger partial charge is 0.385 e. The lowest BCUT2D eigenvalue weighted by molar-refractivity contribution is -0.132. The Kier molecular flexibility index (Phi) is 6.10. The quantitative estimate of drug-likeness (QED) is 0.675. The second-order valence-corrected chi connectivity index (χ2v) is 8.85. The minimum absolute atomic E-state index is 0.0122. The van der Waals surface area contributed by atoms with Gasteiger partial charge in [-0.1, -0.05) is 31.0 Å². The summed E-state index contributed by atoms with van der Waals surface area (Å²) < 4.78 is 0. The molecule has 152 valence electrons. The molecule has 0 aromatic heterocycles. The van der Waals surface area contributed by atoms with Crippen LogP contribution in [0.1, 0.15) is 27.2 Å². The number of carbonyl (C=O) groups excluding carboxylic acids is 2. The van der Waals surface area contributed by atoms with Gasteiger partial charge in [0.05, 0.1) is 17.9 Å². The molecule has 0 radical (unpaired) electrons. The normalized spacial score (nSPS) is 28.3. The molecular weight excluding hydrogens is 384 g/mol. The van der Waals surface area contributed by atoms with E-state index in [1.807, 2.05) is 44.2 Å². The van der Waals surface area contributed by atoms with Crippen molar-refractivity contribution in [1.82, 2.24) is 10.2 Å². The third-order valence-corrected chi connectivity index (χ3v) is 7.66. The van der Waals surface area contributed by atoms with Crippen molar-refractivity contribution in [3.8, 4) is 17.9 Å².